The van der Waals surface area contributed by atoms with E-state index in [1.54, 1.807) is 0 Å². The SMILES string of the molecule is COC(=O)Oc1ccc(C(=O)NS(=O)(=O)c2ccc(C(=O)NCCCc3ccccc3)cc2)cn1. The van der Waals surface area contributed by atoms with Gasteiger partial charge in [-0.2, -0.15) is 0 Å². The summed E-state index contributed by atoms with van der Waals surface area (Å²) in [5.74, 6) is -1.38. The van der Waals surface area contributed by atoms with Gasteiger partial charge < -0.3 is 14.8 Å². The number of sulfonamides is 1. The summed E-state index contributed by atoms with van der Waals surface area (Å²) in [6, 6.07) is 17.6. The molecule has 2 amide bonds. The highest BCUT2D eigenvalue weighted by atomic mass is 32.2. The van der Waals surface area contributed by atoms with E-state index >= 15 is 0 Å². The van der Waals surface area contributed by atoms with Gasteiger partial charge in [0.25, 0.3) is 21.8 Å². The lowest BCUT2D eigenvalue weighted by Crippen LogP contribution is -2.30. The summed E-state index contributed by atoms with van der Waals surface area (Å²) in [4.78, 5) is 39.3. The minimum Gasteiger partial charge on any atom is -0.437 e. The van der Waals surface area contributed by atoms with E-state index in [1.807, 2.05) is 35.1 Å². The summed E-state index contributed by atoms with van der Waals surface area (Å²) in [5, 5.41) is 2.80. The fraction of sp³-hybridized carbons (Fsp3) is 0.167. The molecule has 1 aromatic heterocycles. The minimum atomic E-state index is -4.20. The lowest BCUT2D eigenvalue weighted by Gasteiger charge is -2.09. The van der Waals surface area contributed by atoms with Crippen LogP contribution in [0.5, 0.6) is 5.88 Å². The third-order valence-corrected chi connectivity index (χ3v) is 6.12. The summed E-state index contributed by atoms with van der Waals surface area (Å²) < 4.78 is 36.1. The quantitative estimate of drug-likeness (QED) is 0.340. The van der Waals surface area contributed by atoms with Crippen LogP contribution in [0.3, 0.4) is 0 Å². The van der Waals surface area contributed by atoms with Gasteiger partial charge in [0.15, 0.2) is 0 Å². The van der Waals surface area contributed by atoms with Crippen LogP contribution in [-0.2, 0) is 21.2 Å². The number of carbonyl (C=O) groups is 3. The fourth-order valence-corrected chi connectivity index (χ4v) is 3.94. The van der Waals surface area contributed by atoms with Crippen LogP contribution >= 0.6 is 0 Å². The summed E-state index contributed by atoms with van der Waals surface area (Å²) >= 11 is 0. The van der Waals surface area contributed by atoms with E-state index in [0.717, 1.165) is 26.1 Å². The first-order valence-electron chi connectivity index (χ1n) is 10.5. The van der Waals surface area contributed by atoms with Crippen molar-refractivity contribution in [1.29, 1.82) is 0 Å². The molecule has 0 radical (unpaired) electrons. The second-order valence-corrected chi connectivity index (χ2v) is 8.93. The average Bonchev–Trinajstić information content (AvgIpc) is 2.87. The van der Waals surface area contributed by atoms with Crippen molar-refractivity contribution in [3.63, 3.8) is 0 Å². The van der Waals surface area contributed by atoms with Crippen LogP contribution < -0.4 is 14.8 Å². The van der Waals surface area contributed by atoms with E-state index in [-0.39, 0.29) is 22.2 Å². The molecular formula is C24H23N3O7S. The lowest BCUT2D eigenvalue weighted by molar-refractivity contribution is 0.0950. The molecule has 0 aliphatic heterocycles. The molecule has 2 N–H and O–H groups in total. The second-order valence-electron chi connectivity index (χ2n) is 7.25. The largest absolute Gasteiger partial charge is 0.514 e. The number of hydrogen-bond acceptors (Lipinski definition) is 8. The predicted octanol–water partition coefficient (Wildman–Crippen LogP) is 2.71. The summed E-state index contributed by atoms with van der Waals surface area (Å²) in [6.45, 7) is 0.474. The number of nitrogens with zero attached hydrogens (tertiary/aromatic N) is 1. The van der Waals surface area contributed by atoms with Crippen LogP contribution in [0, 0.1) is 0 Å². The van der Waals surface area contributed by atoms with Gasteiger partial charge in [-0.1, -0.05) is 30.3 Å². The third kappa shape index (κ3) is 7.37. The normalized spacial score (nSPS) is 10.8. The zero-order chi connectivity index (χ0) is 25.3. The molecule has 0 aliphatic carbocycles. The highest BCUT2D eigenvalue weighted by molar-refractivity contribution is 7.90. The molecule has 0 saturated heterocycles. The number of methoxy groups -OCH3 is 1. The summed E-state index contributed by atoms with van der Waals surface area (Å²) in [6.07, 6.45) is 1.66. The number of nitrogens with one attached hydrogen (secondary N) is 2. The first-order chi connectivity index (χ1) is 16.8. The molecule has 0 bridgehead atoms. The number of pyridine rings is 1. The maximum atomic E-state index is 12.6. The lowest BCUT2D eigenvalue weighted by atomic mass is 10.1. The Morgan fingerprint density at radius 3 is 2.20 bits per heavy atom. The third-order valence-electron chi connectivity index (χ3n) is 4.78. The smallest absolute Gasteiger partial charge is 0.437 e. The van der Waals surface area contributed by atoms with E-state index in [4.69, 9.17) is 4.74 Å². The topological polar surface area (TPSA) is 141 Å². The van der Waals surface area contributed by atoms with Gasteiger partial charge in [-0.25, -0.2) is 22.9 Å². The first-order valence-corrected chi connectivity index (χ1v) is 12.0. The monoisotopic (exact) mass is 497 g/mol. The molecule has 0 saturated carbocycles. The van der Waals surface area contributed by atoms with Crippen molar-refractivity contribution in [2.75, 3.05) is 13.7 Å². The van der Waals surface area contributed by atoms with Gasteiger partial charge in [-0.3, -0.25) is 9.59 Å². The Bertz CT molecular complexity index is 1280. The van der Waals surface area contributed by atoms with Crippen LogP contribution in [0.25, 0.3) is 0 Å². The van der Waals surface area contributed by atoms with Crippen LogP contribution in [0.15, 0.2) is 77.8 Å². The zero-order valence-corrected chi connectivity index (χ0v) is 19.6. The molecule has 182 valence electrons. The number of aryl methyl sites for hydroxylation is 1. The molecule has 0 unspecified atom stereocenters. The Labute approximate surface area is 202 Å². The van der Waals surface area contributed by atoms with Crippen molar-refractivity contribution in [3.05, 3.63) is 89.6 Å². The molecule has 0 aliphatic rings. The average molecular weight is 498 g/mol. The molecule has 0 fully saturated rings. The molecule has 35 heavy (non-hydrogen) atoms. The Morgan fingerprint density at radius 2 is 1.57 bits per heavy atom. The van der Waals surface area contributed by atoms with Crippen molar-refractivity contribution in [3.8, 4) is 5.88 Å². The Hall–Kier alpha value is -4.25. The van der Waals surface area contributed by atoms with Gasteiger partial charge in [-0.15, -0.1) is 0 Å². The maximum Gasteiger partial charge on any atom is 0.514 e. The van der Waals surface area contributed by atoms with Crippen LogP contribution in [0.2, 0.25) is 0 Å². The number of aromatic nitrogens is 1. The van der Waals surface area contributed by atoms with Crippen molar-refractivity contribution in [2.24, 2.45) is 0 Å². The highest BCUT2D eigenvalue weighted by Crippen LogP contribution is 2.13. The number of rotatable bonds is 9. The number of benzene rings is 2. The van der Waals surface area contributed by atoms with Gasteiger partial charge in [0.2, 0.25) is 5.88 Å². The summed E-state index contributed by atoms with van der Waals surface area (Å²) in [7, 11) is -3.07. The number of ether oxygens (including phenoxy) is 2. The maximum absolute atomic E-state index is 12.6. The number of hydrogen-bond donors (Lipinski definition) is 2. The van der Waals surface area contributed by atoms with Crippen LogP contribution in [-0.4, -0.2) is 45.0 Å². The molecule has 3 rings (SSSR count). The van der Waals surface area contributed by atoms with E-state index in [9.17, 15) is 22.8 Å². The Balaban J connectivity index is 1.53. The molecule has 0 spiro atoms. The molecule has 0 atom stereocenters. The molecule has 3 aromatic rings. The zero-order valence-electron chi connectivity index (χ0n) is 18.8. The van der Waals surface area contributed by atoms with Gasteiger partial charge in [0.05, 0.1) is 17.6 Å². The Kier molecular flexibility index (Phi) is 8.52. The fourth-order valence-electron chi connectivity index (χ4n) is 2.97. The predicted molar refractivity (Wildman–Crippen MR) is 125 cm³/mol. The van der Waals surface area contributed by atoms with E-state index < -0.39 is 22.1 Å². The molecule has 11 heteroatoms. The second kappa shape index (κ2) is 11.7. The number of carbonyl (C=O) groups excluding carboxylic acids is 3. The molecule has 1 heterocycles. The first kappa shape index (κ1) is 25.4. The van der Waals surface area contributed by atoms with Gasteiger partial charge in [-0.05, 0) is 48.7 Å². The molecule has 2 aromatic carbocycles. The Morgan fingerprint density at radius 1 is 0.886 bits per heavy atom. The van der Waals surface area contributed by atoms with Crippen molar-refractivity contribution < 1.29 is 32.3 Å². The molecular weight excluding hydrogens is 474 g/mol. The number of amides is 2. The van der Waals surface area contributed by atoms with Gasteiger partial charge in [0, 0.05) is 24.4 Å². The highest BCUT2D eigenvalue weighted by Gasteiger charge is 2.20. The van der Waals surface area contributed by atoms with E-state index in [1.165, 1.54) is 42.0 Å². The van der Waals surface area contributed by atoms with Crippen LogP contribution in [0.4, 0.5) is 4.79 Å². The van der Waals surface area contributed by atoms with Crippen LogP contribution in [0.1, 0.15) is 32.7 Å². The van der Waals surface area contributed by atoms with Crippen molar-refractivity contribution in [2.45, 2.75) is 17.7 Å². The molecule has 10 nitrogen and oxygen atoms in total. The minimum absolute atomic E-state index is 0.0720. The van der Waals surface area contributed by atoms with Gasteiger partial charge >= 0.3 is 6.16 Å². The van der Waals surface area contributed by atoms with E-state index in [0.29, 0.717) is 12.1 Å². The van der Waals surface area contributed by atoms with Gasteiger partial charge in [0.1, 0.15) is 0 Å². The van der Waals surface area contributed by atoms with Crippen molar-refractivity contribution in [1.82, 2.24) is 15.0 Å². The van der Waals surface area contributed by atoms with E-state index in [2.05, 4.69) is 15.0 Å². The van der Waals surface area contributed by atoms with Crippen molar-refractivity contribution >= 4 is 28.0 Å². The summed E-state index contributed by atoms with van der Waals surface area (Å²) in [5.41, 5.74) is 1.40. The standard InChI is InChI=1S/C24H23N3O7S/c1-33-24(30)34-21-14-11-19(16-26-21)23(29)27-35(31,32)20-12-9-18(10-13-20)22(28)25-15-5-8-17-6-3-2-4-7-17/h2-4,6-7,9-14,16H,5,8,15H2,1H3,(H,25,28)(H,27,29).